The second-order valence-electron chi connectivity index (χ2n) is 27.2. The van der Waals surface area contributed by atoms with Crippen molar-refractivity contribution < 1.29 is 156 Å². The number of ketones is 1. The van der Waals surface area contributed by atoms with E-state index in [1.165, 1.54) is 52.3 Å². The number of benzene rings is 3. The number of pyridine rings is 6. The molecule has 5 amide bonds. The summed E-state index contributed by atoms with van der Waals surface area (Å²) in [5.74, 6) is -2.16. The first-order chi connectivity index (χ1) is 64.0. The Labute approximate surface area is 805 Å². The molecular formula is C87H82Br3Cl2F18N11O16. The number of aliphatic hydroxyl groups excluding tert-OH is 1. The highest BCUT2D eigenvalue weighted by Crippen LogP contribution is 2.39. The number of nitrogens with zero attached hydrogens (tertiary/aromatic N) is 7. The molecule has 9 aromatic rings. The summed E-state index contributed by atoms with van der Waals surface area (Å²) in [5.41, 5.74) is -3.88. The van der Waals surface area contributed by atoms with Gasteiger partial charge in [0, 0.05) is 31.3 Å². The Morgan fingerprint density at radius 2 is 0.796 bits per heavy atom. The molecule has 1 unspecified atom stereocenters. The Morgan fingerprint density at radius 1 is 0.467 bits per heavy atom. The van der Waals surface area contributed by atoms with E-state index in [1.807, 2.05) is 36.4 Å². The van der Waals surface area contributed by atoms with Crippen LogP contribution in [-0.2, 0) is 85.5 Å². The molecule has 1 fully saturated rings. The van der Waals surface area contributed by atoms with Gasteiger partial charge in [0.1, 0.15) is 88.2 Å². The van der Waals surface area contributed by atoms with E-state index < -0.39 is 143 Å². The molecule has 10 rings (SSSR count). The lowest BCUT2D eigenvalue weighted by Gasteiger charge is -2.21. The van der Waals surface area contributed by atoms with Gasteiger partial charge in [0.25, 0.3) is 5.91 Å². The smallest absolute Gasteiger partial charge is 0.416 e. The highest BCUT2D eigenvalue weighted by Gasteiger charge is 2.40. The standard InChI is InChI=1S/C20H21F3N2O4.C20H19F3N2O4.C13H13F3N2O3.C13H18N2O4.C9H7BrF3NO.C6H2Br2F3N.C6H2Cl2F3N/c2*1-3-9-28-17-11-15(20(21,22)23)10-16(25-17)18(26)13(2)24-19(27)29-12-14-7-5-4-6-8-14;1-3-4-20-10-6-8(13(14,15)16)5-9(18-10)11-7(2)17-12(19)21-11;1-10(12(16)15(2)18-3)14-13(17)19-9-11-7-5-4-6-8-11;1-2-3-15-8-5-6(9(11,12)13)4-7(10)14-8;2*7-4-1-3(6(9,10)11)2-5(8)12-4/h3-8,10-11,13,18,26H,1,9,12H2,2H3,(H,24,27);3-8,10-11,13H,1,9,12H2,2H3,(H,24,27);3,5-7,11H,1,4H2,2H3,(H,17,19);4-8,10H,9H2,1-3H3,(H,14,17);2,4-5H,1,3H2;2*1-2H/t13-,18?;13-;7-,11-;10-;;;/m0000.../s1. The fraction of sp³-hybridized carbons (Fsp3) is 0.287. The number of likely N-dealkylation sites (N-methyl/N-ethyl adjacent to an activating group) is 1. The average molecular weight is 2190 g/mol. The van der Waals surface area contributed by atoms with Crippen LogP contribution in [0.15, 0.2) is 228 Å². The summed E-state index contributed by atoms with van der Waals surface area (Å²) in [5, 5.41) is 20.4. The lowest BCUT2D eigenvalue weighted by molar-refractivity contribution is -0.170. The maximum Gasteiger partial charge on any atom is 0.416 e. The number of amides is 5. The van der Waals surface area contributed by atoms with Gasteiger partial charge in [0.2, 0.25) is 29.3 Å². The minimum atomic E-state index is -4.70. The zero-order valence-electron chi connectivity index (χ0n) is 72.0. The maximum absolute atomic E-state index is 13.1. The van der Waals surface area contributed by atoms with Gasteiger partial charge in [-0.25, -0.2) is 54.1 Å². The second-order valence-corrected chi connectivity index (χ2v) is 30.4. The minimum Gasteiger partial charge on any atom is -0.473 e. The third-order valence-corrected chi connectivity index (χ3v) is 18.1. The largest absolute Gasteiger partial charge is 0.473 e. The maximum atomic E-state index is 13.1. The quantitative estimate of drug-likeness (QED) is 0.00759. The van der Waals surface area contributed by atoms with Crippen molar-refractivity contribution in [1.82, 2.24) is 56.2 Å². The number of aliphatic hydroxyl groups is 1. The molecule has 50 heteroatoms. The molecule has 137 heavy (non-hydrogen) atoms. The summed E-state index contributed by atoms with van der Waals surface area (Å²) in [4.78, 5) is 97.7. The van der Waals surface area contributed by atoms with E-state index in [0.29, 0.717) is 30.3 Å². The van der Waals surface area contributed by atoms with E-state index in [0.717, 1.165) is 64.2 Å². The van der Waals surface area contributed by atoms with Crippen LogP contribution in [0.3, 0.4) is 0 Å². The minimum absolute atomic E-state index is 0.0108. The van der Waals surface area contributed by atoms with Crippen LogP contribution in [0.5, 0.6) is 23.5 Å². The lowest BCUT2D eigenvalue weighted by atomic mass is 10.1. The average Bonchev–Trinajstić information content (AvgIpc) is 1.70. The summed E-state index contributed by atoms with van der Waals surface area (Å²) in [7, 11) is 2.84. The molecule has 1 aliphatic rings. The number of cyclic esters (lactones) is 1. The molecule has 3 aromatic carbocycles. The molecule has 1 aliphatic heterocycles. The number of rotatable bonds is 28. The Balaban J connectivity index is 0.000000342. The molecule has 27 nitrogen and oxygen atoms in total. The van der Waals surface area contributed by atoms with Gasteiger partial charge in [-0.3, -0.25) is 14.4 Å². The number of ether oxygens (including phenoxy) is 8. The SMILES string of the molecule is C=CCOc1cc(C(F)(F)F)cc(Br)n1.C=CCOc1cc(C(F)(F)F)cc(C(=O)[C@H](C)NC(=O)OCc2ccccc2)n1.C=CCOc1cc(C(F)(F)F)cc(C(O)[C@H](C)NC(=O)OCc2ccccc2)n1.C=CCOc1cc(C(F)(F)F)cc([C@H]2OC(=O)N[C@H]2C)n1.CON(C)C(=O)[C@H](C)NC(=O)OCc1ccccc1.FC(F)(F)c1cc(Br)nc(Br)c1.FC(F)(F)c1cc(Cl)nc(Cl)c1. The van der Waals surface area contributed by atoms with Gasteiger partial charge < -0.3 is 64.3 Å². The summed E-state index contributed by atoms with van der Waals surface area (Å²) < 4.78 is 267. The molecule has 0 spiro atoms. The van der Waals surface area contributed by atoms with Crippen molar-refractivity contribution in [3.8, 4) is 23.5 Å². The fourth-order valence-electron chi connectivity index (χ4n) is 9.95. The highest BCUT2D eigenvalue weighted by atomic mass is 79.9. The Morgan fingerprint density at radius 3 is 1.17 bits per heavy atom. The molecule has 7 heterocycles. The Hall–Kier alpha value is -12.4. The number of nitrogens with one attached hydrogen (secondary N) is 4. The topological polar surface area (TPSA) is 334 Å². The number of hydroxylamine groups is 2. The third-order valence-electron chi connectivity index (χ3n) is 16.5. The zero-order chi connectivity index (χ0) is 103. The van der Waals surface area contributed by atoms with Gasteiger partial charge >= 0.3 is 61.4 Å². The van der Waals surface area contributed by atoms with E-state index in [2.05, 4.69) is 125 Å². The molecule has 0 saturated carbocycles. The van der Waals surface area contributed by atoms with E-state index in [-0.39, 0.29) is 111 Å². The number of Topliss-reactive ketones (excluding diaryl/α,β-unsaturated/α-hetero) is 1. The summed E-state index contributed by atoms with van der Waals surface area (Å²) >= 11 is 19.1. The van der Waals surface area contributed by atoms with Gasteiger partial charge in [-0.2, -0.15) is 79.0 Å². The van der Waals surface area contributed by atoms with Gasteiger partial charge in [0.15, 0.2) is 6.10 Å². The fourth-order valence-corrected chi connectivity index (χ4v) is 11.9. The van der Waals surface area contributed by atoms with Crippen LogP contribution >= 0.6 is 71.0 Å². The summed E-state index contributed by atoms with van der Waals surface area (Å²) in [6, 6.07) is 33.1. The number of hydrogen-bond acceptors (Lipinski definition) is 22. The summed E-state index contributed by atoms with van der Waals surface area (Å²) in [6.07, 6.45) is -27.0. The number of carbonyl (C=O) groups is 6. The van der Waals surface area contributed by atoms with Gasteiger partial charge in [-0.1, -0.05) is 165 Å². The molecular weight excluding hydrogens is 2110 g/mol. The van der Waals surface area contributed by atoms with Crippen LogP contribution in [0.2, 0.25) is 10.3 Å². The van der Waals surface area contributed by atoms with E-state index in [9.17, 15) is 113 Å². The van der Waals surface area contributed by atoms with Crippen LogP contribution < -0.4 is 40.2 Å². The van der Waals surface area contributed by atoms with Crippen LogP contribution in [0, 0.1) is 0 Å². The van der Waals surface area contributed by atoms with Crippen LogP contribution in [0.4, 0.5) is 98.2 Å². The number of halogens is 23. The molecule has 6 atom stereocenters. The van der Waals surface area contributed by atoms with Crippen molar-refractivity contribution in [2.75, 3.05) is 40.6 Å². The molecule has 0 aliphatic carbocycles. The normalized spacial score (nSPS) is 13.5. The van der Waals surface area contributed by atoms with E-state index >= 15 is 0 Å². The zero-order valence-corrected chi connectivity index (χ0v) is 78.3. The molecule has 5 N–H and O–H groups in total. The lowest BCUT2D eigenvalue weighted by Crippen LogP contribution is -2.45. The van der Waals surface area contributed by atoms with Crippen molar-refractivity contribution in [1.29, 1.82) is 0 Å². The van der Waals surface area contributed by atoms with Crippen molar-refractivity contribution in [2.24, 2.45) is 0 Å². The van der Waals surface area contributed by atoms with Crippen LogP contribution in [0.25, 0.3) is 0 Å². The molecule has 1 saturated heterocycles. The van der Waals surface area contributed by atoms with Crippen molar-refractivity contribution in [2.45, 2.75) is 121 Å². The first-order valence-corrected chi connectivity index (χ1v) is 41.8. The summed E-state index contributed by atoms with van der Waals surface area (Å²) in [6.45, 7) is 19.7. The number of alkyl halides is 18. The number of carbonyl (C=O) groups excluding carboxylic acids is 6. The Kier molecular flexibility index (Phi) is 47.6. The monoisotopic (exact) mass is 2190 g/mol. The van der Waals surface area contributed by atoms with E-state index in [4.69, 9.17) is 65.9 Å². The Bertz CT molecular complexity index is 5360. The van der Waals surface area contributed by atoms with Crippen molar-refractivity contribution in [3.05, 3.63) is 306 Å². The van der Waals surface area contributed by atoms with E-state index in [1.54, 1.807) is 68.4 Å². The van der Waals surface area contributed by atoms with Gasteiger partial charge in [-0.15, -0.1) is 0 Å². The van der Waals surface area contributed by atoms with Crippen LogP contribution in [0.1, 0.15) is 112 Å². The predicted molar refractivity (Wildman–Crippen MR) is 470 cm³/mol. The predicted octanol–water partition coefficient (Wildman–Crippen LogP) is 22.8. The van der Waals surface area contributed by atoms with Gasteiger partial charge in [-0.05, 0) is 141 Å². The number of aromatic nitrogens is 6. The van der Waals surface area contributed by atoms with Crippen molar-refractivity contribution >= 4 is 107 Å². The first kappa shape index (κ1) is 117. The van der Waals surface area contributed by atoms with Gasteiger partial charge in [0.05, 0.1) is 70.0 Å². The molecule has 742 valence electrons. The van der Waals surface area contributed by atoms with Crippen molar-refractivity contribution in [3.63, 3.8) is 0 Å². The number of alkyl carbamates (subject to hydrolysis) is 4. The molecule has 0 bridgehead atoms. The van der Waals surface area contributed by atoms with Crippen LogP contribution in [-0.4, -0.2) is 141 Å². The number of hydrogen-bond donors (Lipinski definition) is 5. The molecule has 0 radical (unpaired) electrons. The third kappa shape index (κ3) is 43.7. The second kappa shape index (κ2) is 55.7. The highest BCUT2D eigenvalue weighted by molar-refractivity contribution is 9.11. The first-order valence-electron chi connectivity index (χ1n) is 38.7. The molecule has 6 aromatic heterocycles.